The van der Waals surface area contributed by atoms with Crippen molar-refractivity contribution in [3.05, 3.63) is 52.3 Å². The van der Waals surface area contributed by atoms with Gasteiger partial charge in [0.05, 0.1) is 29.8 Å². The van der Waals surface area contributed by atoms with Crippen LogP contribution in [0.25, 0.3) is 10.2 Å². The number of aromatic nitrogens is 2. The Morgan fingerprint density at radius 1 is 1.38 bits per heavy atom. The number of nitrogens with zero attached hydrogens (tertiary/aromatic N) is 3. The van der Waals surface area contributed by atoms with Crippen LogP contribution in [0.4, 0.5) is 4.39 Å². The molecule has 0 saturated carbocycles. The van der Waals surface area contributed by atoms with E-state index in [0.717, 1.165) is 21.5 Å². The van der Waals surface area contributed by atoms with Crippen molar-refractivity contribution in [3.63, 3.8) is 0 Å². The molecular formula is C20H19FN4O3S. The van der Waals surface area contributed by atoms with Gasteiger partial charge in [-0.2, -0.15) is 10.4 Å². The highest BCUT2D eigenvalue weighted by Crippen LogP contribution is 2.30. The van der Waals surface area contributed by atoms with E-state index in [1.54, 1.807) is 29.0 Å². The second kappa shape index (κ2) is 8.94. The largest absolute Gasteiger partial charge is 0.383 e. The van der Waals surface area contributed by atoms with Gasteiger partial charge in [0.2, 0.25) is 5.91 Å². The van der Waals surface area contributed by atoms with Crippen LogP contribution in [0.5, 0.6) is 0 Å². The molecule has 0 radical (unpaired) electrons. The predicted octanol–water partition coefficient (Wildman–Crippen LogP) is 2.68. The van der Waals surface area contributed by atoms with Crippen LogP contribution in [0.3, 0.4) is 0 Å². The molecule has 29 heavy (non-hydrogen) atoms. The second-order valence-corrected chi connectivity index (χ2v) is 7.44. The fraction of sp³-hybridized carbons (Fsp3) is 0.300. The van der Waals surface area contributed by atoms with Gasteiger partial charge in [-0.15, -0.1) is 11.3 Å². The molecule has 2 heterocycles. The number of hydrogen-bond acceptors (Lipinski definition) is 6. The zero-order chi connectivity index (χ0) is 21.0. The molecule has 3 aromatic rings. The number of ether oxygens (including phenoxy) is 1. The summed E-state index contributed by atoms with van der Waals surface area (Å²) in [6, 6.07) is 9.56. The average Bonchev–Trinajstić information content (AvgIpc) is 3.26. The Morgan fingerprint density at radius 2 is 2.10 bits per heavy atom. The maximum atomic E-state index is 13.1. The quantitative estimate of drug-likeness (QED) is 0.347. The first-order valence-corrected chi connectivity index (χ1v) is 9.68. The van der Waals surface area contributed by atoms with Crippen LogP contribution in [0.1, 0.15) is 20.9 Å². The lowest BCUT2D eigenvalue weighted by molar-refractivity contribution is -0.122. The van der Waals surface area contributed by atoms with Gasteiger partial charge in [0, 0.05) is 19.0 Å². The number of ketones is 1. The molecule has 0 aliphatic rings. The van der Waals surface area contributed by atoms with E-state index >= 15 is 0 Å². The Bertz CT molecular complexity index is 1080. The topological polar surface area (TPSA) is 97.0 Å². The zero-order valence-corrected chi connectivity index (χ0v) is 16.8. The van der Waals surface area contributed by atoms with Crippen molar-refractivity contribution in [2.75, 3.05) is 20.3 Å². The Hall–Kier alpha value is -3.09. The van der Waals surface area contributed by atoms with E-state index < -0.39 is 17.6 Å². The monoisotopic (exact) mass is 414 g/mol. The molecule has 0 fully saturated rings. The zero-order valence-electron chi connectivity index (χ0n) is 15.9. The summed E-state index contributed by atoms with van der Waals surface area (Å²) in [7, 11) is 1.49. The molecule has 0 aliphatic carbocycles. The molecule has 7 nitrogen and oxygen atoms in total. The lowest BCUT2D eigenvalue weighted by atomic mass is 10.0. The molecule has 0 bridgehead atoms. The Balaban J connectivity index is 1.85. The number of aryl methyl sites for hydroxylation is 1. The van der Waals surface area contributed by atoms with Crippen molar-refractivity contribution in [2.24, 2.45) is 5.92 Å². The summed E-state index contributed by atoms with van der Waals surface area (Å²) in [6.07, 6.45) is 0. The summed E-state index contributed by atoms with van der Waals surface area (Å²) in [5.41, 5.74) is 1.60. The highest BCUT2D eigenvalue weighted by Gasteiger charge is 2.29. The number of nitrogens with one attached hydrogen (secondary N) is 1. The molecule has 2 aromatic heterocycles. The number of carbonyl (C=O) groups excluding carboxylic acids is 2. The molecule has 150 valence electrons. The molecule has 1 amide bonds. The van der Waals surface area contributed by atoms with E-state index in [0.29, 0.717) is 18.0 Å². The summed E-state index contributed by atoms with van der Waals surface area (Å²) in [5, 5.41) is 17.1. The fourth-order valence-corrected chi connectivity index (χ4v) is 3.99. The SMILES string of the molecule is COCCNC(=O)C(C#N)C(=O)c1cc2c(C)nn(Cc3ccc(F)cc3)c2s1. The molecule has 1 unspecified atom stereocenters. The van der Waals surface area contributed by atoms with Crippen LogP contribution in [0, 0.1) is 30.0 Å². The number of benzene rings is 1. The first-order chi connectivity index (χ1) is 13.9. The highest BCUT2D eigenvalue weighted by atomic mass is 32.1. The summed E-state index contributed by atoms with van der Waals surface area (Å²) >= 11 is 1.19. The van der Waals surface area contributed by atoms with Crippen LogP contribution in [-0.4, -0.2) is 41.7 Å². The van der Waals surface area contributed by atoms with Crippen molar-refractivity contribution in [2.45, 2.75) is 13.5 Å². The molecule has 9 heteroatoms. The summed E-state index contributed by atoms with van der Waals surface area (Å²) in [4.78, 5) is 26.0. The van der Waals surface area contributed by atoms with Gasteiger partial charge in [-0.05, 0) is 30.7 Å². The number of halogens is 1. The summed E-state index contributed by atoms with van der Waals surface area (Å²) < 4.78 is 19.7. The third-order valence-corrected chi connectivity index (χ3v) is 5.52. The Labute approximate surface area is 170 Å². The van der Waals surface area contributed by atoms with Gasteiger partial charge >= 0.3 is 0 Å². The van der Waals surface area contributed by atoms with Crippen LogP contribution >= 0.6 is 11.3 Å². The van der Waals surface area contributed by atoms with Crippen molar-refractivity contribution in [1.29, 1.82) is 5.26 Å². The first-order valence-electron chi connectivity index (χ1n) is 8.86. The predicted molar refractivity (Wildman–Crippen MR) is 106 cm³/mol. The third kappa shape index (κ3) is 4.50. The number of nitriles is 1. The van der Waals surface area contributed by atoms with Gasteiger partial charge in [0.1, 0.15) is 10.6 Å². The van der Waals surface area contributed by atoms with Crippen LogP contribution < -0.4 is 5.32 Å². The second-order valence-electron chi connectivity index (χ2n) is 6.41. The standard InChI is InChI=1S/C20H19FN4O3S/c1-12-15-9-17(18(26)16(10-22)19(27)23-7-8-28-2)29-20(15)25(24-12)11-13-3-5-14(21)6-4-13/h3-6,9,16H,7-8,11H2,1-2H3,(H,23,27). The lowest BCUT2D eigenvalue weighted by Gasteiger charge is -2.08. The first kappa shape index (κ1) is 20.6. The van der Waals surface area contributed by atoms with Crippen molar-refractivity contribution < 1.29 is 18.7 Å². The van der Waals surface area contributed by atoms with Gasteiger partial charge < -0.3 is 10.1 Å². The molecule has 1 N–H and O–H groups in total. The number of thiophene rings is 1. The molecule has 1 atom stereocenters. The van der Waals surface area contributed by atoms with Crippen LogP contribution in [0.2, 0.25) is 0 Å². The minimum atomic E-state index is -1.42. The minimum absolute atomic E-state index is 0.221. The molecule has 3 rings (SSSR count). The van der Waals surface area contributed by atoms with Crippen molar-refractivity contribution >= 4 is 33.2 Å². The smallest absolute Gasteiger partial charge is 0.245 e. The molecule has 0 saturated heterocycles. The van der Waals surface area contributed by atoms with Gasteiger partial charge in [-0.1, -0.05) is 12.1 Å². The van der Waals surface area contributed by atoms with E-state index in [2.05, 4.69) is 10.4 Å². The third-order valence-electron chi connectivity index (χ3n) is 4.35. The summed E-state index contributed by atoms with van der Waals surface area (Å²) in [5.74, 6) is -2.92. The fourth-order valence-electron chi connectivity index (χ4n) is 2.86. The lowest BCUT2D eigenvalue weighted by Crippen LogP contribution is -2.36. The van der Waals surface area contributed by atoms with E-state index in [-0.39, 0.29) is 12.4 Å². The molecule has 0 spiro atoms. The highest BCUT2D eigenvalue weighted by molar-refractivity contribution is 7.20. The summed E-state index contributed by atoms with van der Waals surface area (Å²) in [6.45, 7) is 2.75. The number of rotatable bonds is 8. The van der Waals surface area contributed by atoms with Gasteiger partial charge in [-0.3, -0.25) is 14.3 Å². The van der Waals surface area contributed by atoms with Crippen molar-refractivity contribution in [1.82, 2.24) is 15.1 Å². The van der Waals surface area contributed by atoms with Gasteiger partial charge in [0.15, 0.2) is 11.7 Å². The number of amides is 1. The van der Waals surface area contributed by atoms with Crippen LogP contribution in [0.15, 0.2) is 30.3 Å². The minimum Gasteiger partial charge on any atom is -0.383 e. The van der Waals surface area contributed by atoms with Gasteiger partial charge in [-0.25, -0.2) is 4.39 Å². The van der Waals surface area contributed by atoms with E-state index in [9.17, 15) is 19.2 Å². The number of Topliss-reactive ketones (excluding diaryl/α,β-unsaturated/α-hetero) is 1. The number of methoxy groups -OCH3 is 1. The Morgan fingerprint density at radius 3 is 2.76 bits per heavy atom. The van der Waals surface area contributed by atoms with E-state index in [1.165, 1.54) is 30.6 Å². The molecule has 0 aliphatic heterocycles. The van der Waals surface area contributed by atoms with Crippen molar-refractivity contribution in [3.8, 4) is 6.07 Å². The number of fused-ring (bicyclic) bond motifs is 1. The maximum Gasteiger partial charge on any atom is 0.245 e. The number of carbonyl (C=O) groups is 2. The Kier molecular flexibility index (Phi) is 6.36. The number of hydrogen-bond donors (Lipinski definition) is 1. The van der Waals surface area contributed by atoms with E-state index in [4.69, 9.17) is 4.74 Å². The van der Waals surface area contributed by atoms with Gasteiger partial charge in [0.25, 0.3) is 0 Å². The molecular weight excluding hydrogens is 395 g/mol. The van der Waals surface area contributed by atoms with E-state index in [1.807, 2.05) is 6.92 Å². The average molecular weight is 414 g/mol. The van der Waals surface area contributed by atoms with Crippen LogP contribution in [-0.2, 0) is 16.1 Å². The maximum absolute atomic E-state index is 13.1. The molecule has 1 aromatic carbocycles. The normalized spacial score (nSPS) is 11.9.